The summed E-state index contributed by atoms with van der Waals surface area (Å²) < 4.78 is 4.69. The van der Waals surface area contributed by atoms with Crippen molar-refractivity contribution in [1.82, 2.24) is 0 Å². The maximum atomic E-state index is 10.2. The van der Waals surface area contributed by atoms with Crippen molar-refractivity contribution < 1.29 is 19.6 Å². The second kappa shape index (κ2) is 5.23. The summed E-state index contributed by atoms with van der Waals surface area (Å²) in [7, 11) is -0.405. The number of hydrogen-bond acceptors (Lipinski definition) is 6. The summed E-state index contributed by atoms with van der Waals surface area (Å²) in [6, 6.07) is 4.15. The van der Waals surface area contributed by atoms with Gasteiger partial charge in [-0.25, -0.2) is 4.79 Å². The lowest BCUT2D eigenvalue weighted by Crippen LogP contribution is -2.30. The quantitative estimate of drug-likeness (QED) is 0.271. The van der Waals surface area contributed by atoms with E-state index in [0.29, 0.717) is 5.56 Å². The predicted molar refractivity (Wildman–Crippen MR) is 57.9 cm³/mol. The summed E-state index contributed by atoms with van der Waals surface area (Å²) in [6.07, 6.45) is 1.30. The van der Waals surface area contributed by atoms with Crippen LogP contribution in [0.5, 0.6) is 0 Å². The van der Waals surface area contributed by atoms with Crippen molar-refractivity contribution in [2.45, 2.75) is 0 Å². The largest absolute Gasteiger partial charge is 0.490 e. The molecule has 0 unspecified atom stereocenters. The van der Waals surface area contributed by atoms with E-state index in [2.05, 4.69) is 9.73 Å². The maximum absolute atomic E-state index is 10.2. The van der Waals surface area contributed by atoms with Gasteiger partial charge in [0.05, 0.1) is 12.8 Å². The number of aliphatic imine (C=N–C) groups is 1. The van der Waals surface area contributed by atoms with Crippen LogP contribution in [0.1, 0.15) is 5.56 Å². The molecule has 0 heterocycles. The predicted octanol–water partition coefficient (Wildman–Crippen LogP) is -0.695. The van der Waals surface area contributed by atoms with E-state index in [1.807, 2.05) is 0 Å². The van der Waals surface area contributed by atoms with E-state index in [9.17, 15) is 4.79 Å². The second-order valence-corrected chi connectivity index (χ2v) is 2.88. The molecular formula is C9H9BN2O4. The zero-order valence-electron chi connectivity index (χ0n) is 8.47. The van der Waals surface area contributed by atoms with E-state index < -0.39 is 7.12 Å². The highest BCUT2D eigenvalue weighted by Crippen LogP contribution is 2.12. The minimum atomic E-state index is -1.74. The topological polar surface area (TPSA) is 103 Å². The van der Waals surface area contributed by atoms with Crippen LogP contribution in [-0.4, -0.2) is 36.3 Å². The van der Waals surface area contributed by atoms with Gasteiger partial charge in [0.2, 0.25) is 12.0 Å². The molecule has 6 nitrogen and oxygen atoms in total. The number of nitrogens with one attached hydrogen (secondary N) is 1. The number of benzene rings is 1. The van der Waals surface area contributed by atoms with Gasteiger partial charge in [0.1, 0.15) is 0 Å². The highest BCUT2D eigenvalue weighted by Gasteiger charge is 2.17. The van der Waals surface area contributed by atoms with E-state index in [1.165, 1.54) is 31.4 Å². The van der Waals surface area contributed by atoms with Crippen molar-refractivity contribution in [2.24, 2.45) is 4.99 Å². The minimum absolute atomic E-state index is 0.0456. The van der Waals surface area contributed by atoms with Crippen molar-refractivity contribution in [2.75, 3.05) is 7.11 Å². The zero-order chi connectivity index (χ0) is 12.1. The average Bonchev–Trinajstić information content (AvgIpc) is 2.28. The molecule has 0 radical (unpaired) electrons. The summed E-state index contributed by atoms with van der Waals surface area (Å²) in [5, 5.41) is 25.4. The van der Waals surface area contributed by atoms with E-state index >= 15 is 0 Å². The molecule has 1 rings (SSSR count). The third kappa shape index (κ3) is 2.55. The van der Waals surface area contributed by atoms with Crippen LogP contribution in [0.2, 0.25) is 0 Å². The number of isocyanates is 1. The Kier molecular flexibility index (Phi) is 3.96. The third-order valence-electron chi connectivity index (χ3n) is 1.94. The molecule has 0 amide bonds. The average molecular weight is 220 g/mol. The summed E-state index contributed by atoms with van der Waals surface area (Å²) in [5.41, 5.74) is 0.487. The van der Waals surface area contributed by atoms with Crippen LogP contribution in [-0.2, 0) is 9.53 Å². The van der Waals surface area contributed by atoms with Crippen LogP contribution in [0.4, 0.5) is 5.69 Å². The molecule has 82 valence electrons. The Bertz CT molecular complexity index is 455. The van der Waals surface area contributed by atoms with Gasteiger partial charge in [-0.05, 0) is 12.1 Å². The maximum Gasteiger partial charge on any atom is 0.490 e. The summed E-state index contributed by atoms with van der Waals surface area (Å²) in [6.45, 7) is 0. The molecule has 0 saturated heterocycles. The van der Waals surface area contributed by atoms with Gasteiger partial charge in [-0.1, -0.05) is 6.07 Å². The monoisotopic (exact) mass is 220 g/mol. The molecule has 0 atom stereocenters. The molecule has 0 aromatic heterocycles. The van der Waals surface area contributed by atoms with Crippen LogP contribution in [0.15, 0.2) is 23.2 Å². The number of hydrogen-bond donors (Lipinski definition) is 3. The summed E-state index contributed by atoms with van der Waals surface area (Å²) >= 11 is 0. The fraction of sp³-hybridized carbons (Fsp3) is 0.111. The van der Waals surface area contributed by atoms with Crippen LogP contribution in [0, 0.1) is 5.41 Å². The lowest BCUT2D eigenvalue weighted by molar-refractivity contribution is 0.401. The summed E-state index contributed by atoms with van der Waals surface area (Å²) in [4.78, 5) is 13.5. The van der Waals surface area contributed by atoms with Crippen molar-refractivity contribution in [3.8, 4) is 0 Å². The lowest BCUT2D eigenvalue weighted by atomic mass is 9.78. The van der Waals surface area contributed by atoms with Crippen LogP contribution in [0.3, 0.4) is 0 Å². The molecule has 1 aromatic carbocycles. The molecule has 0 saturated carbocycles. The Morgan fingerprint density at radius 1 is 1.56 bits per heavy atom. The molecule has 16 heavy (non-hydrogen) atoms. The third-order valence-corrected chi connectivity index (χ3v) is 1.94. The first kappa shape index (κ1) is 12.1. The van der Waals surface area contributed by atoms with E-state index in [0.717, 1.165) is 0 Å². The lowest BCUT2D eigenvalue weighted by Gasteiger charge is -2.06. The SMILES string of the molecule is COC(=N)c1ccc(B(O)O)c(N=C=O)c1. The zero-order valence-corrected chi connectivity index (χ0v) is 8.47. The molecule has 7 heteroatoms. The fourth-order valence-corrected chi connectivity index (χ4v) is 1.17. The van der Waals surface area contributed by atoms with Crippen LogP contribution in [0.25, 0.3) is 0 Å². The van der Waals surface area contributed by atoms with Gasteiger partial charge >= 0.3 is 7.12 Å². The molecule has 1 aromatic rings. The first-order chi connectivity index (χ1) is 7.60. The highest BCUT2D eigenvalue weighted by atomic mass is 16.5. The Hall–Kier alpha value is -1.95. The second-order valence-electron chi connectivity index (χ2n) is 2.88. The van der Waals surface area contributed by atoms with E-state index in [-0.39, 0.29) is 17.0 Å². The molecular weight excluding hydrogens is 211 g/mol. The van der Waals surface area contributed by atoms with Gasteiger partial charge in [-0.3, -0.25) is 5.41 Å². The molecule has 0 bridgehead atoms. The first-order valence-electron chi connectivity index (χ1n) is 4.31. The number of rotatable bonds is 3. The molecule has 0 aliphatic carbocycles. The molecule has 3 N–H and O–H groups in total. The van der Waals surface area contributed by atoms with Gasteiger partial charge in [0.25, 0.3) is 0 Å². The first-order valence-corrected chi connectivity index (χ1v) is 4.31. The Labute approximate surface area is 91.9 Å². The van der Waals surface area contributed by atoms with Crippen LogP contribution < -0.4 is 5.46 Å². The smallest absolute Gasteiger partial charge is 0.481 e. The van der Waals surface area contributed by atoms with Gasteiger partial charge < -0.3 is 14.8 Å². The molecule has 0 aliphatic heterocycles. The van der Waals surface area contributed by atoms with Crippen molar-refractivity contribution >= 4 is 30.2 Å². The van der Waals surface area contributed by atoms with Crippen molar-refractivity contribution in [1.29, 1.82) is 5.41 Å². The molecule has 0 aliphatic rings. The van der Waals surface area contributed by atoms with Crippen LogP contribution >= 0.6 is 0 Å². The Morgan fingerprint density at radius 2 is 2.25 bits per heavy atom. The van der Waals surface area contributed by atoms with Gasteiger partial charge in [-0.15, -0.1) is 0 Å². The minimum Gasteiger partial charge on any atom is -0.481 e. The standard InChI is InChI=1S/C9H9BN2O4/c1-16-9(11)6-2-3-7(10(14)15)8(4-6)12-5-13/h2-4,11,14-15H,1H3. The number of methoxy groups -OCH3 is 1. The summed E-state index contributed by atoms with van der Waals surface area (Å²) in [5.74, 6) is -0.110. The van der Waals surface area contributed by atoms with Gasteiger partial charge in [-0.2, -0.15) is 4.99 Å². The van der Waals surface area contributed by atoms with Gasteiger partial charge in [0, 0.05) is 11.0 Å². The number of carbonyl (C=O) groups excluding carboxylic acids is 1. The number of nitrogens with zero attached hydrogens (tertiary/aromatic N) is 1. The Balaban J connectivity index is 3.27. The van der Waals surface area contributed by atoms with Gasteiger partial charge in [0.15, 0.2) is 0 Å². The molecule has 0 spiro atoms. The normalized spacial score (nSPS) is 9.19. The van der Waals surface area contributed by atoms with E-state index in [1.54, 1.807) is 0 Å². The fourth-order valence-electron chi connectivity index (χ4n) is 1.17. The number of ether oxygens (including phenoxy) is 1. The Morgan fingerprint density at radius 3 is 2.75 bits per heavy atom. The van der Waals surface area contributed by atoms with E-state index in [4.69, 9.17) is 15.5 Å². The highest BCUT2D eigenvalue weighted by molar-refractivity contribution is 6.60. The van der Waals surface area contributed by atoms with Crippen molar-refractivity contribution in [3.63, 3.8) is 0 Å². The molecule has 0 fully saturated rings. The van der Waals surface area contributed by atoms with Crippen molar-refractivity contribution in [3.05, 3.63) is 23.8 Å².